The molecule has 1 aromatic heterocycles. The summed E-state index contributed by atoms with van der Waals surface area (Å²) < 4.78 is 0. The molecule has 1 aliphatic heterocycles. The maximum atomic E-state index is 12.9. The van der Waals surface area contributed by atoms with Crippen molar-refractivity contribution in [3.05, 3.63) is 91.4 Å². The van der Waals surface area contributed by atoms with Crippen LogP contribution in [0.15, 0.2) is 53.5 Å². The lowest BCUT2D eigenvalue weighted by Gasteiger charge is -2.32. The summed E-state index contributed by atoms with van der Waals surface area (Å²) in [6.45, 7) is 3.69. The van der Waals surface area contributed by atoms with Crippen molar-refractivity contribution >= 4 is 52.7 Å². The van der Waals surface area contributed by atoms with E-state index < -0.39 is 29.6 Å². The number of aromatic nitrogens is 2. The summed E-state index contributed by atoms with van der Waals surface area (Å²) in [6, 6.07) is 9.77. The Morgan fingerprint density at radius 2 is 1.72 bits per heavy atom. The van der Waals surface area contributed by atoms with Gasteiger partial charge in [0, 0.05) is 49.4 Å². The van der Waals surface area contributed by atoms with E-state index in [0.717, 1.165) is 18.7 Å². The maximum Gasteiger partial charge on any atom is 0.346 e. The monoisotopic (exact) mass is 628 g/mol. The molecule has 0 aliphatic carbocycles. The second-order valence-corrected chi connectivity index (χ2v) is 11.0. The van der Waals surface area contributed by atoms with Crippen LogP contribution in [0, 0.1) is 0 Å². The summed E-state index contributed by atoms with van der Waals surface area (Å²) in [5.41, 5.74) is 1.09. The Labute approximate surface area is 256 Å². The molecule has 0 spiro atoms. The molecule has 3 aromatic rings. The summed E-state index contributed by atoms with van der Waals surface area (Å²) >= 11 is 12.2. The minimum Gasteiger partial charge on any atom is -0.480 e. The first-order valence-electron chi connectivity index (χ1n) is 13.5. The predicted molar refractivity (Wildman–Crippen MR) is 161 cm³/mol. The van der Waals surface area contributed by atoms with E-state index in [1.54, 1.807) is 6.07 Å². The van der Waals surface area contributed by atoms with Gasteiger partial charge in [-0.2, -0.15) is 4.98 Å². The predicted octanol–water partition coefficient (Wildman–Crippen LogP) is 3.49. The van der Waals surface area contributed by atoms with Crippen LogP contribution in [0.3, 0.4) is 0 Å². The largest absolute Gasteiger partial charge is 0.480 e. The van der Waals surface area contributed by atoms with Crippen molar-refractivity contribution in [1.82, 2.24) is 25.5 Å². The quantitative estimate of drug-likeness (QED) is 0.212. The van der Waals surface area contributed by atoms with Gasteiger partial charge in [0.05, 0.1) is 15.6 Å². The Balaban J connectivity index is 1.33. The van der Waals surface area contributed by atoms with Crippen LogP contribution in [-0.2, 0) is 17.8 Å². The first-order valence-corrected chi connectivity index (χ1v) is 14.2. The van der Waals surface area contributed by atoms with Gasteiger partial charge in [0.2, 0.25) is 0 Å². The Hall–Kier alpha value is -4.26. The van der Waals surface area contributed by atoms with Crippen LogP contribution >= 0.6 is 23.2 Å². The molecule has 2 heterocycles. The van der Waals surface area contributed by atoms with Gasteiger partial charge >= 0.3 is 17.7 Å². The van der Waals surface area contributed by atoms with Crippen LogP contribution in [0.2, 0.25) is 10.0 Å². The fourth-order valence-electron chi connectivity index (χ4n) is 4.72. The summed E-state index contributed by atoms with van der Waals surface area (Å²) in [5.74, 6) is -2.24. The summed E-state index contributed by atoms with van der Waals surface area (Å²) in [5, 5.41) is 17.7. The zero-order valence-corrected chi connectivity index (χ0v) is 24.7. The number of rotatable bonds is 10. The molecule has 1 fully saturated rings. The standard InChI is InChI=1S/C29H30Cl2N6O6/c1-16(38)18-7-5-17(6-8-18)15-37-11-9-20(10-12-37)33-29(43)34-23(27(40)41)13-19-14-32-28(42)36-25(19)35-26(39)24-21(30)3-2-4-22(24)31/h2-8,14,20,23H,9-13,15H2,1H3,(H,40,41)(H2,33,34,43)(H2,32,35,36,39,42). The third-order valence-electron chi connectivity index (χ3n) is 7.03. The number of piperidine rings is 1. The Morgan fingerprint density at radius 3 is 2.33 bits per heavy atom. The number of aliphatic carboxylic acids is 1. The van der Waals surface area contributed by atoms with Crippen molar-refractivity contribution in [3.63, 3.8) is 0 Å². The Kier molecular flexibility index (Phi) is 10.5. The minimum atomic E-state index is -1.40. The van der Waals surface area contributed by atoms with E-state index >= 15 is 0 Å². The number of aromatic amines is 1. The minimum absolute atomic E-state index is 0.0169. The Morgan fingerprint density at radius 1 is 1.07 bits per heavy atom. The molecule has 12 nitrogen and oxygen atoms in total. The number of ketones is 1. The molecule has 3 amide bonds. The molecule has 4 rings (SSSR count). The number of carboxylic acid groups (broad SMARTS) is 1. The number of amides is 3. The number of nitrogens with zero attached hydrogens (tertiary/aromatic N) is 2. The van der Waals surface area contributed by atoms with Gasteiger partial charge in [-0.25, -0.2) is 14.4 Å². The number of likely N-dealkylation sites (tertiary alicyclic amines) is 1. The van der Waals surface area contributed by atoms with Crippen molar-refractivity contribution in [3.8, 4) is 0 Å². The third-order valence-corrected chi connectivity index (χ3v) is 7.66. The first-order chi connectivity index (χ1) is 20.5. The second-order valence-electron chi connectivity index (χ2n) is 10.1. The average molecular weight is 630 g/mol. The van der Waals surface area contributed by atoms with Crippen LogP contribution in [0.1, 0.15) is 51.6 Å². The van der Waals surface area contributed by atoms with E-state index in [-0.39, 0.29) is 45.2 Å². The second kappa shape index (κ2) is 14.3. The number of urea groups is 1. The van der Waals surface area contributed by atoms with Crippen molar-refractivity contribution < 1.29 is 24.3 Å². The van der Waals surface area contributed by atoms with Crippen LogP contribution in [0.5, 0.6) is 0 Å². The Bertz CT molecular complexity index is 1550. The molecular formula is C29H30Cl2N6O6. The molecule has 1 saturated heterocycles. The van der Waals surface area contributed by atoms with Crippen molar-refractivity contribution in [2.75, 3.05) is 18.4 Å². The number of carboxylic acids is 1. The lowest BCUT2D eigenvalue weighted by Crippen LogP contribution is -2.52. The summed E-state index contributed by atoms with van der Waals surface area (Å²) in [6.07, 6.45) is 2.26. The SMILES string of the molecule is CC(=O)c1ccc(CN2CCC(NC(=O)NC(Cc3c[nH]c(=O)nc3NC(=O)c3c(Cl)cccc3Cl)C(=O)O)CC2)cc1. The van der Waals surface area contributed by atoms with Gasteiger partial charge in [-0.15, -0.1) is 0 Å². The van der Waals surface area contributed by atoms with Crippen LogP contribution in [-0.4, -0.2) is 68.8 Å². The van der Waals surface area contributed by atoms with Crippen LogP contribution in [0.25, 0.3) is 0 Å². The molecule has 226 valence electrons. The highest BCUT2D eigenvalue weighted by molar-refractivity contribution is 6.40. The summed E-state index contributed by atoms with van der Waals surface area (Å²) in [7, 11) is 0. The van der Waals surface area contributed by atoms with E-state index in [9.17, 15) is 29.1 Å². The molecule has 5 N–H and O–H groups in total. The number of hydrogen-bond acceptors (Lipinski definition) is 7. The van der Waals surface area contributed by atoms with Crippen LogP contribution in [0.4, 0.5) is 10.6 Å². The smallest absolute Gasteiger partial charge is 0.346 e. The number of carbonyl (C=O) groups excluding carboxylic acids is 3. The molecular weight excluding hydrogens is 599 g/mol. The number of anilines is 1. The zero-order valence-electron chi connectivity index (χ0n) is 23.2. The number of benzene rings is 2. The zero-order chi connectivity index (χ0) is 31.1. The lowest BCUT2D eigenvalue weighted by atomic mass is 10.0. The van der Waals surface area contributed by atoms with Crippen molar-refractivity contribution in [2.45, 2.75) is 44.8 Å². The number of Topliss-reactive ketones (excluding diaryl/α,β-unsaturated/α-hetero) is 1. The highest BCUT2D eigenvalue weighted by Gasteiger charge is 2.26. The molecule has 0 radical (unpaired) electrons. The normalized spacial score (nSPS) is 14.5. The maximum absolute atomic E-state index is 12.9. The van der Waals surface area contributed by atoms with Crippen molar-refractivity contribution in [1.29, 1.82) is 0 Å². The molecule has 1 aliphatic rings. The first kappa shape index (κ1) is 31.7. The fourth-order valence-corrected chi connectivity index (χ4v) is 5.28. The molecule has 2 aromatic carbocycles. The van der Waals surface area contributed by atoms with Gasteiger partial charge < -0.3 is 26.0 Å². The highest BCUT2D eigenvalue weighted by Crippen LogP contribution is 2.25. The number of H-pyrrole nitrogens is 1. The third kappa shape index (κ3) is 8.63. The van der Waals surface area contributed by atoms with Gasteiger partial charge in [-0.1, -0.05) is 53.5 Å². The number of halogens is 2. The van der Waals surface area contributed by atoms with Gasteiger partial charge in [-0.3, -0.25) is 14.5 Å². The topological polar surface area (TPSA) is 174 Å². The van der Waals surface area contributed by atoms with Gasteiger partial charge in [-0.05, 0) is 37.5 Å². The van der Waals surface area contributed by atoms with E-state index in [4.69, 9.17) is 23.2 Å². The molecule has 1 unspecified atom stereocenters. The van der Waals surface area contributed by atoms with E-state index in [2.05, 4.69) is 30.8 Å². The summed E-state index contributed by atoms with van der Waals surface area (Å²) in [4.78, 5) is 69.4. The number of nitrogens with one attached hydrogen (secondary N) is 4. The van der Waals surface area contributed by atoms with Crippen molar-refractivity contribution in [2.24, 2.45) is 0 Å². The van der Waals surface area contributed by atoms with E-state index in [1.165, 1.54) is 25.3 Å². The van der Waals surface area contributed by atoms with Crippen LogP contribution < -0.4 is 21.6 Å². The average Bonchev–Trinajstić information content (AvgIpc) is 2.95. The molecule has 1 atom stereocenters. The van der Waals surface area contributed by atoms with E-state index in [0.29, 0.717) is 24.9 Å². The lowest BCUT2D eigenvalue weighted by molar-refractivity contribution is -0.139. The molecule has 14 heteroatoms. The van der Waals surface area contributed by atoms with Gasteiger partial charge in [0.25, 0.3) is 5.91 Å². The fraction of sp³-hybridized carbons (Fsp3) is 0.310. The van der Waals surface area contributed by atoms with Gasteiger partial charge in [0.1, 0.15) is 11.9 Å². The molecule has 43 heavy (non-hydrogen) atoms. The highest BCUT2D eigenvalue weighted by atomic mass is 35.5. The molecule has 0 saturated carbocycles. The number of carbonyl (C=O) groups is 4. The molecule has 0 bridgehead atoms. The van der Waals surface area contributed by atoms with E-state index in [1.807, 2.05) is 24.3 Å². The van der Waals surface area contributed by atoms with Gasteiger partial charge in [0.15, 0.2) is 5.78 Å². The number of hydrogen-bond donors (Lipinski definition) is 5.